The van der Waals surface area contributed by atoms with Crippen molar-refractivity contribution in [2.45, 2.75) is 70.2 Å². The van der Waals surface area contributed by atoms with Crippen molar-refractivity contribution in [2.24, 2.45) is 0 Å². The number of carbonyl (C=O) groups is 1. The van der Waals surface area contributed by atoms with Crippen LogP contribution < -0.4 is 10.6 Å². The van der Waals surface area contributed by atoms with Crippen LogP contribution in [0.3, 0.4) is 0 Å². The molecule has 5 aromatic rings. The standard InChI is InChI=1S/C32H35N7O4/c1-18-7-8-20(13-19(18)2)14-38-15-21(23-5-3-4-6-24(23)38)11-12-33-29-25-30(35-16-34-29)39(17-36-25)32-27(41)26(40)28(43-32)31(42)37-22-9-10-22/h3-8,13,15-17,22,26-28,32,40-41H,9-12,14H2,1-2H3,(H,37,42)(H,33,34,35)/t26-,27+,28-,32+/m0/s1. The summed E-state index contributed by atoms with van der Waals surface area (Å²) in [4.78, 5) is 25.8. The first-order valence-corrected chi connectivity index (χ1v) is 14.7. The second-order valence-corrected chi connectivity index (χ2v) is 11.7. The van der Waals surface area contributed by atoms with E-state index in [1.165, 1.54) is 45.8 Å². The lowest BCUT2D eigenvalue weighted by Gasteiger charge is -2.16. The van der Waals surface area contributed by atoms with Gasteiger partial charge in [-0.2, -0.15) is 0 Å². The molecule has 1 aliphatic heterocycles. The van der Waals surface area contributed by atoms with Gasteiger partial charge in [0.15, 0.2) is 29.3 Å². The Bertz CT molecular complexity index is 1810. The number of aliphatic hydroxyl groups excluding tert-OH is 2. The van der Waals surface area contributed by atoms with Crippen molar-refractivity contribution in [2.75, 3.05) is 11.9 Å². The smallest absolute Gasteiger partial charge is 0.252 e. The molecule has 11 nitrogen and oxygen atoms in total. The van der Waals surface area contributed by atoms with Gasteiger partial charge in [0.05, 0.1) is 6.33 Å². The maximum Gasteiger partial charge on any atom is 0.252 e. The molecule has 1 aliphatic carbocycles. The van der Waals surface area contributed by atoms with Crippen LogP contribution in [0.1, 0.15) is 41.3 Å². The molecule has 0 spiro atoms. The molecule has 4 heterocycles. The third-order valence-electron chi connectivity index (χ3n) is 8.54. The van der Waals surface area contributed by atoms with Gasteiger partial charge in [-0.05, 0) is 61.4 Å². The Morgan fingerprint density at radius 1 is 1.05 bits per heavy atom. The molecule has 4 atom stereocenters. The van der Waals surface area contributed by atoms with E-state index in [2.05, 4.69) is 92.7 Å². The fourth-order valence-corrected chi connectivity index (χ4v) is 5.85. The zero-order valence-electron chi connectivity index (χ0n) is 24.1. The van der Waals surface area contributed by atoms with Crippen molar-refractivity contribution in [1.29, 1.82) is 0 Å². The van der Waals surface area contributed by atoms with Crippen LogP contribution >= 0.6 is 0 Å². The van der Waals surface area contributed by atoms with E-state index < -0.39 is 30.4 Å². The number of carbonyl (C=O) groups excluding carboxylic acids is 1. The molecule has 1 saturated heterocycles. The number of nitrogens with one attached hydrogen (secondary N) is 2. The molecule has 2 aromatic carbocycles. The van der Waals surface area contributed by atoms with E-state index >= 15 is 0 Å². The molecule has 4 N–H and O–H groups in total. The predicted octanol–water partition coefficient (Wildman–Crippen LogP) is 3.00. The van der Waals surface area contributed by atoms with Gasteiger partial charge in [0.25, 0.3) is 5.91 Å². The maximum absolute atomic E-state index is 12.6. The molecule has 7 rings (SSSR count). The molecular weight excluding hydrogens is 546 g/mol. The molecular formula is C32H35N7O4. The van der Waals surface area contributed by atoms with E-state index in [-0.39, 0.29) is 6.04 Å². The highest BCUT2D eigenvalue weighted by atomic mass is 16.6. The lowest BCUT2D eigenvalue weighted by atomic mass is 10.1. The van der Waals surface area contributed by atoms with E-state index in [1.54, 1.807) is 4.57 Å². The molecule has 3 aromatic heterocycles. The lowest BCUT2D eigenvalue weighted by molar-refractivity contribution is -0.137. The van der Waals surface area contributed by atoms with E-state index in [4.69, 9.17) is 4.74 Å². The van der Waals surface area contributed by atoms with E-state index in [0.29, 0.717) is 23.5 Å². The molecule has 1 saturated carbocycles. The van der Waals surface area contributed by atoms with Crippen molar-refractivity contribution in [3.8, 4) is 0 Å². The average Bonchev–Trinajstić information content (AvgIpc) is 3.49. The summed E-state index contributed by atoms with van der Waals surface area (Å²) >= 11 is 0. The quantitative estimate of drug-likeness (QED) is 0.208. The molecule has 2 aliphatic rings. The van der Waals surface area contributed by atoms with Crippen LogP contribution in [-0.2, 0) is 22.5 Å². The van der Waals surface area contributed by atoms with Crippen LogP contribution in [0.15, 0.2) is 61.3 Å². The summed E-state index contributed by atoms with van der Waals surface area (Å²) in [6.45, 7) is 5.69. The zero-order chi connectivity index (χ0) is 29.7. The second kappa shape index (κ2) is 11.1. The Kier molecular flexibility index (Phi) is 7.08. The molecule has 2 fully saturated rings. The Morgan fingerprint density at radius 3 is 2.70 bits per heavy atom. The number of para-hydroxylation sites is 1. The molecule has 0 bridgehead atoms. The molecule has 43 heavy (non-hydrogen) atoms. The highest BCUT2D eigenvalue weighted by Gasteiger charge is 2.48. The number of ether oxygens (including phenoxy) is 1. The van der Waals surface area contributed by atoms with Crippen LogP contribution in [0.2, 0.25) is 0 Å². The molecule has 222 valence electrons. The SMILES string of the molecule is Cc1ccc(Cn2cc(CCNc3ncnc4c3ncn4[C@@H]3O[C@H](C(=O)NC4CC4)[C@@H](O)[C@H]3O)c3ccccc32)cc1C. The first-order valence-electron chi connectivity index (χ1n) is 14.7. The van der Waals surface area contributed by atoms with Gasteiger partial charge < -0.3 is 30.2 Å². The van der Waals surface area contributed by atoms with E-state index in [1.807, 2.05) is 0 Å². The van der Waals surface area contributed by atoms with Crippen molar-refractivity contribution in [3.63, 3.8) is 0 Å². The highest BCUT2D eigenvalue weighted by Crippen LogP contribution is 2.33. The van der Waals surface area contributed by atoms with Gasteiger partial charge in [-0.15, -0.1) is 0 Å². The molecule has 11 heteroatoms. The van der Waals surface area contributed by atoms with Crippen LogP contribution in [0.25, 0.3) is 22.1 Å². The van der Waals surface area contributed by atoms with Gasteiger partial charge in [-0.25, -0.2) is 15.0 Å². The minimum atomic E-state index is -1.36. The lowest BCUT2D eigenvalue weighted by Crippen LogP contribution is -2.43. The summed E-state index contributed by atoms with van der Waals surface area (Å²) in [6, 6.07) is 15.2. The van der Waals surface area contributed by atoms with Gasteiger partial charge in [-0.1, -0.05) is 36.4 Å². The van der Waals surface area contributed by atoms with E-state index in [0.717, 1.165) is 25.8 Å². The molecule has 0 radical (unpaired) electrons. The summed E-state index contributed by atoms with van der Waals surface area (Å²) in [5.74, 6) is 0.131. The Labute approximate surface area is 248 Å². The summed E-state index contributed by atoms with van der Waals surface area (Å²) in [6.07, 6.45) is 2.87. The number of amides is 1. The van der Waals surface area contributed by atoms with Crippen LogP contribution in [-0.4, -0.2) is 71.1 Å². The average molecular weight is 582 g/mol. The van der Waals surface area contributed by atoms with Crippen LogP contribution in [0, 0.1) is 13.8 Å². The number of benzene rings is 2. The number of hydrogen-bond acceptors (Lipinski definition) is 8. The van der Waals surface area contributed by atoms with Gasteiger partial charge in [0, 0.05) is 36.2 Å². The summed E-state index contributed by atoms with van der Waals surface area (Å²) in [7, 11) is 0. The van der Waals surface area contributed by atoms with Gasteiger partial charge in [-0.3, -0.25) is 9.36 Å². The van der Waals surface area contributed by atoms with Crippen molar-refractivity contribution in [1.82, 2.24) is 29.4 Å². The number of nitrogens with zero attached hydrogens (tertiary/aromatic N) is 5. The first-order chi connectivity index (χ1) is 20.9. The summed E-state index contributed by atoms with van der Waals surface area (Å²) in [5, 5.41) is 28.7. The Morgan fingerprint density at radius 2 is 1.88 bits per heavy atom. The fraction of sp³-hybridized carbons (Fsp3) is 0.375. The number of imidazole rings is 1. The number of aromatic nitrogens is 5. The van der Waals surface area contributed by atoms with Gasteiger partial charge >= 0.3 is 0 Å². The van der Waals surface area contributed by atoms with Crippen molar-refractivity contribution in [3.05, 3.63) is 83.6 Å². The number of aryl methyl sites for hydroxylation is 2. The first kappa shape index (κ1) is 27.5. The van der Waals surface area contributed by atoms with Gasteiger partial charge in [0.2, 0.25) is 0 Å². The Hall–Kier alpha value is -4.32. The molecule has 0 unspecified atom stereocenters. The fourth-order valence-electron chi connectivity index (χ4n) is 5.85. The summed E-state index contributed by atoms with van der Waals surface area (Å²) < 4.78 is 9.68. The second-order valence-electron chi connectivity index (χ2n) is 11.7. The minimum absolute atomic E-state index is 0.115. The minimum Gasteiger partial charge on any atom is -0.387 e. The number of aliphatic hydroxyl groups is 2. The monoisotopic (exact) mass is 581 g/mol. The van der Waals surface area contributed by atoms with Crippen LogP contribution in [0.5, 0.6) is 0 Å². The topological polar surface area (TPSA) is 139 Å². The predicted molar refractivity (Wildman–Crippen MR) is 162 cm³/mol. The third kappa shape index (κ3) is 5.24. The largest absolute Gasteiger partial charge is 0.387 e. The van der Waals surface area contributed by atoms with Gasteiger partial charge in [0.1, 0.15) is 18.5 Å². The normalized spacial score (nSPS) is 22.0. The van der Waals surface area contributed by atoms with Crippen molar-refractivity contribution >= 4 is 33.8 Å². The third-order valence-corrected chi connectivity index (χ3v) is 8.54. The Balaban J connectivity index is 1.07. The highest BCUT2D eigenvalue weighted by molar-refractivity contribution is 5.85. The van der Waals surface area contributed by atoms with Crippen molar-refractivity contribution < 1.29 is 19.7 Å². The molecule has 1 amide bonds. The summed E-state index contributed by atoms with van der Waals surface area (Å²) in [5.41, 5.74) is 7.22. The number of rotatable bonds is 9. The van der Waals surface area contributed by atoms with Crippen LogP contribution in [0.4, 0.5) is 5.82 Å². The maximum atomic E-state index is 12.6. The zero-order valence-corrected chi connectivity index (χ0v) is 24.1. The number of hydrogen-bond donors (Lipinski definition) is 4. The number of anilines is 1. The number of fused-ring (bicyclic) bond motifs is 2. The van der Waals surface area contributed by atoms with E-state index in [9.17, 15) is 15.0 Å².